The SMILES string of the molecule is Cc1ccc2ccccc2c1COc1ccc(Cl)cc1/C=C1/C(=O)NC(=S)N(c2ccccc2)C1=O. The molecule has 1 aliphatic rings. The zero-order valence-corrected chi connectivity index (χ0v) is 20.9. The van der Waals surface area contributed by atoms with Crippen LogP contribution in [-0.4, -0.2) is 16.9 Å². The molecule has 0 radical (unpaired) electrons. The highest BCUT2D eigenvalue weighted by Gasteiger charge is 2.34. The number of benzene rings is 4. The number of hydrogen-bond donors (Lipinski definition) is 1. The van der Waals surface area contributed by atoms with Gasteiger partial charge in [-0.3, -0.25) is 19.8 Å². The van der Waals surface area contributed by atoms with Crippen molar-refractivity contribution < 1.29 is 14.3 Å². The number of fused-ring (bicyclic) bond motifs is 1. The van der Waals surface area contributed by atoms with Gasteiger partial charge in [-0.1, -0.05) is 66.2 Å². The number of rotatable bonds is 5. The summed E-state index contributed by atoms with van der Waals surface area (Å²) in [5.41, 5.74) is 3.18. The first-order valence-electron chi connectivity index (χ1n) is 11.3. The predicted octanol–water partition coefficient (Wildman–Crippen LogP) is 6.21. The first kappa shape index (κ1) is 23.7. The maximum Gasteiger partial charge on any atom is 0.270 e. The Balaban J connectivity index is 1.50. The predicted molar refractivity (Wildman–Crippen MR) is 147 cm³/mol. The average Bonchev–Trinajstić information content (AvgIpc) is 2.87. The molecule has 1 aliphatic heterocycles. The van der Waals surface area contributed by atoms with Gasteiger partial charge in [0.2, 0.25) is 0 Å². The summed E-state index contributed by atoms with van der Waals surface area (Å²) in [6.45, 7) is 2.35. The van der Waals surface area contributed by atoms with Gasteiger partial charge in [0.1, 0.15) is 17.9 Å². The zero-order valence-electron chi connectivity index (χ0n) is 19.3. The van der Waals surface area contributed by atoms with Gasteiger partial charge in [0, 0.05) is 16.1 Å². The van der Waals surface area contributed by atoms with E-state index in [1.807, 2.05) is 25.1 Å². The summed E-state index contributed by atoms with van der Waals surface area (Å²) in [7, 11) is 0. The maximum atomic E-state index is 13.4. The Morgan fingerprint density at radius 1 is 0.972 bits per heavy atom. The smallest absolute Gasteiger partial charge is 0.270 e. The van der Waals surface area contributed by atoms with Gasteiger partial charge in [-0.2, -0.15) is 0 Å². The van der Waals surface area contributed by atoms with E-state index in [4.69, 9.17) is 28.6 Å². The molecule has 2 amide bonds. The minimum atomic E-state index is -0.576. The standard InChI is InChI=1S/C29H21ClN2O3S/c1-18-11-12-19-7-5-6-10-23(19)25(18)17-35-26-14-13-21(30)15-20(26)16-24-27(33)31-29(36)32(28(24)34)22-8-3-2-4-9-22/h2-16H,17H2,1H3,(H,31,33,36)/b24-16-. The number of carbonyl (C=O) groups excluding carboxylic acids is 2. The average molecular weight is 513 g/mol. The molecule has 0 aliphatic carbocycles. The first-order valence-corrected chi connectivity index (χ1v) is 12.1. The van der Waals surface area contributed by atoms with Crippen molar-refractivity contribution in [2.24, 2.45) is 0 Å². The molecule has 5 rings (SSSR count). The lowest BCUT2D eigenvalue weighted by atomic mass is 10.0. The maximum absolute atomic E-state index is 13.4. The number of nitrogens with zero attached hydrogens (tertiary/aromatic N) is 1. The van der Waals surface area contributed by atoms with Crippen molar-refractivity contribution in [2.75, 3.05) is 4.90 Å². The lowest BCUT2D eigenvalue weighted by Crippen LogP contribution is -2.54. The summed E-state index contributed by atoms with van der Waals surface area (Å²) in [5, 5.41) is 5.32. The second-order valence-electron chi connectivity index (χ2n) is 8.35. The number of halogens is 1. The number of para-hydroxylation sites is 1. The van der Waals surface area contributed by atoms with Crippen molar-refractivity contribution in [3.8, 4) is 5.75 Å². The van der Waals surface area contributed by atoms with Gasteiger partial charge in [0.05, 0.1) is 5.69 Å². The molecule has 0 bridgehead atoms. The molecule has 5 nitrogen and oxygen atoms in total. The van der Waals surface area contributed by atoms with E-state index in [2.05, 4.69) is 29.6 Å². The summed E-state index contributed by atoms with van der Waals surface area (Å²) in [4.78, 5) is 27.4. The quantitative estimate of drug-likeness (QED) is 0.196. The van der Waals surface area contributed by atoms with Crippen LogP contribution in [0.5, 0.6) is 5.75 Å². The second-order valence-corrected chi connectivity index (χ2v) is 9.17. The van der Waals surface area contributed by atoms with E-state index in [0.717, 1.165) is 21.9 Å². The van der Waals surface area contributed by atoms with Crippen LogP contribution in [-0.2, 0) is 16.2 Å². The largest absolute Gasteiger partial charge is 0.488 e. The molecule has 0 saturated carbocycles. The molecule has 1 N–H and O–H groups in total. The highest BCUT2D eigenvalue weighted by Crippen LogP contribution is 2.30. The lowest BCUT2D eigenvalue weighted by Gasteiger charge is -2.29. The van der Waals surface area contributed by atoms with Gasteiger partial charge in [-0.05, 0) is 71.9 Å². The minimum absolute atomic E-state index is 0.0300. The van der Waals surface area contributed by atoms with Gasteiger partial charge < -0.3 is 4.74 Å². The number of amides is 2. The summed E-state index contributed by atoms with van der Waals surface area (Å²) in [6.07, 6.45) is 1.49. The highest BCUT2D eigenvalue weighted by atomic mass is 35.5. The molecule has 0 unspecified atom stereocenters. The van der Waals surface area contributed by atoms with Crippen LogP contribution in [0.25, 0.3) is 16.8 Å². The van der Waals surface area contributed by atoms with Crippen molar-refractivity contribution in [1.29, 1.82) is 0 Å². The first-order chi connectivity index (χ1) is 17.4. The molecule has 0 atom stereocenters. The number of anilines is 1. The molecule has 178 valence electrons. The zero-order chi connectivity index (χ0) is 25.2. The third-order valence-corrected chi connectivity index (χ3v) is 6.55. The van der Waals surface area contributed by atoms with Crippen molar-refractivity contribution in [3.05, 3.63) is 112 Å². The van der Waals surface area contributed by atoms with Crippen molar-refractivity contribution in [2.45, 2.75) is 13.5 Å². The fraction of sp³-hybridized carbons (Fsp3) is 0.0690. The number of aryl methyl sites for hydroxylation is 1. The third kappa shape index (κ3) is 4.61. The van der Waals surface area contributed by atoms with E-state index in [0.29, 0.717) is 28.6 Å². The number of thiocarbonyl (C=S) groups is 1. The molecule has 1 fully saturated rings. The number of ether oxygens (including phenoxy) is 1. The molecule has 1 heterocycles. The van der Waals surface area contributed by atoms with Crippen LogP contribution in [0.15, 0.2) is 90.5 Å². The topological polar surface area (TPSA) is 58.6 Å². The molecule has 0 aromatic heterocycles. The highest BCUT2D eigenvalue weighted by molar-refractivity contribution is 7.80. The molecular weight excluding hydrogens is 492 g/mol. The molecule has 4 aromatic carbocycles. The van der Waals surface area contributed by atoms with Gasteiger partial charge in [-0.15, -0.1) is 0 Å². The molecule has 7 heteroatoms. The van der Waals surface area contributed by atoms with Crippen LogP contribution < -0.4 is 15.0 Å². The Hall–Kier alpha value is -4.00. The van der Waals surface area contributed by atoms with Crippen LogP contribution in [0.1, 0.15) is 16.7 Å². The summed E-state index contributed by atoms with van der Waals surface area (Å²) in [5.74, 6) is -0.599. The normalized spacial score (nSPS) is 14.9. The van der Waals surface area contributed by atoms with Crippen LogP contribution in [0.2, 0.25) is 5.02 Å². The molecule has 1 saturated heterocycles. The van der Waals surface area contributed by atoms with E-state index in [1.54, 1.807) is 42.5 Å². The molecule has 36 heavy (non-hydrogen) atoms. The van der Waals surface area contributed by atoms with Gasteiger partial charge in [-0.25, -0.2) is 0 Å². The van der Waals surface area contributed by atoms with E-state index in [9.17, 15) is 9.59 Å². The van der Waals surface area contributed by atoms with Crippen LogP contribution >= 0.6 is 23.8 Å². The number of nitrogens with one attached hydrogen (secondary N) is 1. The summed E-state index contributed by atoms with van der Waals surface area (Å²) in [6, 6.07) is 26.3. The van der Waals surface area contributed by atoms with Crippen molar-refractivity contribution in [1.82, 2.24) is 5.32 Å². The van der Waals surface area contributed by atoms with Crippen molar-refractivity contribution in [3.63, 3.8) is 0 Å². The Morgan fingerprint density at radius 2 is 1.72 bits per heavy atom. The minimum Gasteiger partial charge on any atom is -0.488 e. The number of hydrogen-bond acceptors (Lipinski definition) is 4. The van der Waals surface area contributed by atoms with E-state index < -0.39 is 11.8 Å². The third-order valence-electron chi connectivity index (χ3n) is 6.03. The lowest BCUT2D eigenvalue weighted by molar-refractivity contribution is -0.122. The van der Waals surface area contributed by atoms with Crippen LogP contribution in [0, 0.1) is 6.92 Å². The fourth-order valence-corrected chi connectivity index (χ4v) is 4.64. The summed E-state index contributed by atoms with van der Waals surface area (Å²) >= 11 is 11.5. The molecule has 0 spiro atoms. The van der Waals surface area contributed by atoms with E-state index >= 15 is 0 Å². The summed E-state index contributed by atoms with van der Waals surface area (Å²) < 4.78 is 6.23. The van der Waals surface area contributed by atoms with Crippen LogP contribution in [0.3, 0.4) is 0 Å². The number of carbonyl (C=O) groups is 2. The molecule has 4 aromatic rings. The Morgan fingerprint density at radius 3 is 2.53 bits per heavy atom. The fourth-order valence-electron chi connectivity index (χ4n) is 4.17. The monoisotopic (exact) mass is 512 g/mol. The van der Waals surface area contributed by atoms with Gasteiger partial charge in [0.15, 0.2) is 5.11 Å². The second kappa shape index (κ2) is 9.93. The van der Waals surface area contributed by atoms with Gasteiger partial charge >= 0.3 is 0 Å². The van der Waals surface area contributed by atoms with Crippen LogP contribution in [0.4, 0.5) is 5.69 Å². The van der Waals surface area contributed by atoms with E-state index in [1.165, 1.54) is 11.0 Å². The Labute approximate surface area is 218 Å². The van der Waals surface area contributed by atoms with E-state index in [-0.39, 0.29) is 10.7 Å². The van der Waals surface area contributed by atoms with Crippen molar-refractivity contribution >= 4 is 63.3 Å². The Bertz CT molecular complexity index is 1550. The molecular formula is C29H21ClN2O3S. The van der Waals surface area contributed by atoms with Gasteiger partial charge in [0.25, 0.3) is 11.8 Å². The Kier molecular flexibility index (Phi) is 6.55.